The van der Waals surface area contributed by atoms with E-state index < -0.39 is 23.6 Å². The van der Waals surface area contributed by atoms with Gasteiger partial charge in [-0.2, -0.15) is 0 Å². The first-order valence-corrected chi connectivity index (χ1v) is 5.79. The molecule has 1 aromatic carbocycles. The lowest BCUT2D eigenvalue weighted by Gasteiger charge is -2.21. The number of amides is 1. The summed E-state index contributed by atoms with van der Waals surface area (Å²) in [4.78, 5) is 12.0. The Morgan fingerprint density at radius 1 is 1.33 bits per heavy atom. The van der Waals surface area contributed by atoms with E-state index in [0.29, 0.717) is 0 Å². The molecule has 1 atom stereocenters. The van der Waals surface area contributed by atoms with Gasteiger partial charge in [0.15, 0.2) is 11.6 Å². The number of carbonyl (C=O) groups is 1. The Morgan fingerprint density at radius 2 is 1.94 bits per heavy atom. The van der Waals surface area contributed by atoms with Gasteiger partial charge in [-0.05, 0) is 24.1 Å². The fourth-order valence-electron chi connectivity index (χ4n) is 1.43. The van der Waals surface area contributed by atoms with Gasteiger partial charge in [-0.3, -0.25) is 4.79 Å². The first-order chi connectivity index (χ1) is 8.32. The molecule has 0 fully saturated rings. The zero-order valence-electron chi connectivity index (χ0n) is 10.0. The van der Waals surface area contributed by atoms with Gasteiger partial charge in [0.05, 0.1) is 11.0 Å². The Balaban J connectivity index is 2.87. The number of halogens is 2. The largest absolute Gasteiger partial charge is 0.392 e. The first kappa shape index (κ1) is 14.5. The molecular formula is C12H14F2N2OS. The molecule has 1 unspecified atom stereocenters. The summed E-state index contributed by atoms with van der Waals surface area (Å²) in [7, 11) is 0. The van der Waals surface area contributed by atoms with Gasteiger partial charge in [0.25, 0.3) is 5.91 Å². The van der Waals surface area contributed by atoms with Gasteiger partial charge in [-0.25, -0.2) is 8.78 Å². The fourth-order valence-corrected chi connectivity index (χ4v) is 1.76. The Hall–Kier alpha value is -1.56. The molecule has 0 bridgehead atoms. The average Bonchev–Trinajstić information content (AvgIpc) is 2.28. The molecule has 0 spiro atoms. The minimum Gasteiger partial charge on any atom is -0.392 e. The van der Waals surface area contributed by atoms with Crippen molar-refractivity contribution in [2.75, 3.05) is 0 Å². The maximum absolute atomic E-state index is 13.0. The Kier molecular flexibility index (Phi) is 4.72. The molecule has 1 aromatic rings. The van der Waals surface area contributed by atoms with Gasteiger partial charge in [0, 0.05) is 5.56 Å². The highest BCUT2D eigenvalue weighted by molar-refractivity contribution is 7.80. The summed E-state index contributed by atoms with van der Waals surface area (Å²) in [5.41, 5.74) is 5.52. The summed E-state index contributed by atoms with van der Waals surface area (Å²) in [6, 6.07) is 2.45. The van der Waals surface area contributed by atoms with Crippen LogP contribution in [-0.2, 0) is 0 Å². The lowest BCUT2D eigenvalue weighted by atomic mass is 10.0. The third-order valence-corrected chi connectivity index (χ3v) is 2.70. The van der Waals surface area contributed by atoms with Crippen LogP contribution < -0.4 is 11.1 Å². The van der Waals surface area contributed by atoms with Crippen molar-refractivity contribution < 1.29 is 13.6 Å². The molecule has 1 rings (SSSR count). The quantitative estimate of drug-likeness (QED) is 0.824. The number of thiocarbonyl (C=S) groups is 1. The van der Waals surface area contributed by atoms with Crippen molar-refractivity contribution in [3.63, 3.8) is 0 Å². The molecule has 0 aromatic heterocycles. The molecule has 98 valence electrons. The summed E-state index contributed by atoms with van der Waals surface area (Å²) in [5.74, 6) is -2.60. The predicted molar refractivity (Wildman–Crippen MR) is 69.2 cm³/mol. The molecule has 0 aliphatic heterocycles. The van der Waals surface area contributed by atoms with Crippen LogP contribution >= 0.6 is 12.2 Å². The number of nitrogens with two attached hydrogens (primary N) is 1. The molecule has 18 heavy (non-hydrogen) atoms. The maximum Gasteiger partial charge on any atom is 0.251 e. The van der Waals surface area contributed by atoms with Crippen molar-refractivity contribution in [3.05, 3.63) is 35.4 Å². The van der Waals surface area contributed by atoms with Gasteiger partial charge in [0.1, 0.15) is 0 Å². The maximum atomic E-state index is 13.0. The topological polar surface area (TPSA) is 55.1 Å². The van der Waals surface area contributed by atoms with Crippen LogP contribution in [-0.4, -0.2) is 16.9 Å². The van der Waals surface area contributed by atoms with Crippen LogP contribution in [0.15, 0.2) is 18.2 Å². The molecule has 1 amide bonds. The average molecular weight is 272 g/mol. The lowest BCUT2D eigenvalue weighted by molar-refractivity contribution is 0.0939. The monoisotopic (exact) mass is 272 g/mol. The second-order valence-corrected chi connectivity index (χ2v) is 4.70. The molecule has 0 saturated heterocycles. The van der Waals surface area contributed by atoms with Crippen molar-refractivity contribution in [2.45, 2.75) is 19.9 Å². The van der Waals surface area contributed by atoms with Gasteiger partial charge >= 0.3 is 0 Å². The van der Waals surface area contributed by atoms with E-state index >= 15 is 0 Å². The van der Waals surface area contributed by atoms with E-state index in [0.717, 1.165) is 12.1 Å². The van der Waals surface area contributed by atoms with Crippen LogP contribution in [0.5, 0.6) is 0 Å². The minimum atomic E-state index is -1.07. The zero-order valence-corrected chi connectivity index (χ0v) is 10.9. The lowest BCUT2D eigenvalue weighted by Crippen LogP contribution is -2.46. The molecule has 0 aliphatic rings. The van der Waals surface area contributed by atoms with Crippen LogP contribution in [0.3, 0.4) is 0 Å². The third-order valence-electron chi connectivity index (χ3n) is 2.44. The smallest absolute Gasteiger partial charge is 0.251 e. The Bertz CT molecular complexity index is 477. The Labute approximate surface area is 109 Å². The van der Waals surface area contributed by atoms with E-state index in [9.17, 15) is 13.6 Å². The van der Waals surface area contributed by atoms with Crippen LogP contribution in [0.2, 0.25) is 0 Å². The number of nitrogens with one attached hydrogen (secondary N) is 1. The highest BCUT2D eigenvalue weighted by atomic mass is 32.1. The van der Waals surface area contributed by atoms with E-state index in [4.69, 9.17) is 18.0 Å². The summed E-state index contributed by atoms with van der Waals surface area (Å²) < 4.78 is 25.7. The number of hydrogen-bond donors (Lipinski definition) is 2. The molecule has 3 N–H and O–H groups in total. The van der Waals surface area contributed by atoms with E-state index in [1.165, 1.54) is 6.07 Å². The van der Waals surface area contributed by atoms with Crippen molar-refractivity contribution in [2.24, 2.45) is 11.7 Å². The van der Waals surface area contributed by atoms with E-state index in [1.807, 2.05) is 13.8 Å². The highest BCUT2D eigenvalue weighted by Gasteiger charge is 2.20. The minimum absolute atomic E-state index is 0.0109. The van der Waals surface area contributed by atoms with Crippen molar-refractivity contribution >= 4 is 23.1 Å². The number of benzene rings is 1. The van der Waals surface area contributed by atoms with Crippen molar-refractivity contribution in [1.29, 1.82) is 0 Å². The number of carbonyl (C=O) groups excluding carboxylic acids is 1. The second kappa shape index (κ2) is 5.86. The van der Waals surface area contributed by atoms with E-state index in [2.05, 4.69) is 5.32 Å². The first-order valence-electron chi connectivity index (χ1n) is 5.38. The fraction of sp³-hybridized carbons (Fsp3) is 0.333. The molecular weight excluding hydrogens is 258 g/mol. The third kappa shape index (κ3) is 3.46. The summed E-state index contributed by atoms with van der Waals surface area (Å²) in [5, 5.41) is 2.58. The van der Waals surface area contributed by atoms with Gasteiger partial charge < -0.3 is 11.1 Å². The SMILES string of the molecule is CC(C)C(NC(=O)c1ccc(F)c(F)c1)C(N)=S. The molecule has 0 radical (unpaired) electrons. The molecule has 3 nitrogen and oxygen atoms in total. The van der Waals surface area contributed by atoms with Gasteiger partial charge in [0.2, 0.25) is 0 Å². The van der Waals surface area contributed by atoms with Crippen LogP contribution in [0, 0.1) is 17.6 Å². The van der Waals surface area contributed by atoms with Crippen LogP contribution in [0.1, 0.15) is 24.2 Å². The molecule has 6 heteroatoms. The second-order valence-electron chi connectivity index (χ2n) is 4.23. The van der Waals surface area contributed by atoms with E-state index in [1.54, 1.807) is 0 Å². The summed E-state index contributed by atoms with van der Waals surface area (Å²) in [6.07, 6.45) is 0. The summed E-state index contributed by atoms with van der Waals surface area (Å²) >= 11 is 4.84. The normalized spacial score (nSPS) is 12.3. The number of rotatable bonds is 4. The Morgan fingerprint density at radius 3 is 2.39 bits per heavy atom. The van der Waals surface area contributed by atoms with E-state index in [-0.39, 0.29) is 16.5 Å². The molecule has 0 heterocycles. The number of hydrogen-bond acceptors (Lipinski definition) is 2. The predicted octanol–water partition coefficient (Wildman–Crippen LogP) is 2.01. The van der Waals surface area contributed by atoms with Crippen LogP contribution in [0.25, 0.3) is 0 Å². The van der Waals surface area contributed by atoms with Gasteiger partial charge in [-0.15, -0.1) is 0 Å². The standard InChI is InChI=1S/C12H14F2N2OS/c1-6(2)10(11(15)18)16-12(17)7-3-4-8(13)9(14)5-7/h3-6,10H,1-2H3,(H2,15,18)(H,16,17). The van der Waals surface area contributed by atoms with Crippen molar-refractivity contribution in [3.8, 4) is 0 Å². The summed E-state index contributed by atoms with van der Waals surface area (Å²) in [6.45, 7) is 3.69. The highest BCUT2D eigenvalue weighted by Crippen LogP contribution is 2.10. The van der Waals surface area contributed by atoms with Crippen molar-refractivity contribution in [1.82, 2.24) is 5.32 Å². The molecule has 0 saturated carbocycles. The van der Waals surface area contributed by atoms with Crippen LogP contribution in [0.4, 0.5) is 8.78 Å². The molecule has 0 aliphatic carbocycles. The van der Waals surface area contributed by atoms with Gasteiger partial charge in [-0.1, -0.05) is 26.1 Å². The zero-order chi connectivity index (χ0) is 13.9.